The second kappa shape index (κ2) is 11.9. The maximum Gasteiger partial charge on any atom is 0.248 e. The highest BCUT2D eigenvalue weighted by Gasteiger charge is 2.24. The van der Waals surface area contributed by atoms with Gasteiger partial charge in [-0.25, -0.2) is 0 Å². The van der Waals surface area contributed by atoms with Gasteiger partial charge >= 0.3 is 0 Å². The van der Waals surface area contributed by atoms with Gasteiger partial charge in [-0.05, 0) is 38.1 Å². The molecule has 0 aliphatic carbocycles. The van der Waals surface area contributed by atoms with Gasteiger partial charge in [0.2, 0.25) is 5.91 Å². The quantitative estimate of drug-likeness (QED) is 0.547. The number of likely N-dealkylation sites (N-methyl/N-ethyl adjacent to an activating group) is 1. The van der Waals surface area contributed by atoms with E-state index in [1.54, 1.807) is 0 Å². The average Bonchev–Trinajstić information content (AvgIpc) is 2.65. The molecule has 0 atom stereocenters. The Kier molecular flexibility index (Phi) is 9.89. The highest BCUT2D eigenvalue weighted by Crippen LogP contribution is 2.24. The SMILES string of the molecule is CC(C)C1CCN(C(=O)COCCOCCCN2CCN(C)CC2)CC1. The fourth-order valence-electron chi connectivity index (χ4n) is 3.75. The molecule has 0 spiro atoms. The number of hydrogen-bond donors (Lipinski definition) is 0. The first-order valence-electron chi connectivity index (χ1n) is 10.4. The minimum atomic E-state index is 0.127. The summed E-state index contributed by atoms with van der Waals surface area (Å²) in [5.41, 5.74) is 0. The molecular weight excluding hydrogens is 330 g/mol. The van der Waals surface area contributed by atoms with Gasteiger partial charge in [-0.15, -0.1) is 0 Å². The molecule has 0 N–H and O–H groups in total. The minimum absolute atomic E-state index is 0.127. The summed E-state index contributed by atoms with van der Waals surface area (Å²) < 4.78 is 11.1. The van der Waals surface area contributed by atoms with E-state index < -0.39 is 0 Å². The van der Waals surface area contributed by atoms with Crippen molar-refractivity contribution in [3.8, 4) is 0 Å². The summed E-state index contributed by atoms with van der Waals surface area (Å²) in [6.45, 7) is 14.1. The molecule has 0 unspecified atom stereocenters. The normalized spacial score (nSPS) is 20.8. The third-order valence-electron chi connectivity index (χ3n) is 5.79. The number of amides is 1. The van der Waals surface area contributed by atoms with E-state index in [1.165, 1.54) is 0 Å². The molecule has 2 saturated heterocycles. The van der Waals surface area contributed by atoms with Gasteiger partial charge in [0.15, 0.2) is 0 Å². The summed E-state index contributed by atoms with van der Waals surface area (Å²) in [5, 5.41) is 0. The van der Waals surface area contributed by atoms with Gasteiger partial charge in [0.05, 0.1) is 13.2 Å². The van der Waals surface area contributed by atoms with Crippen LogP contribution in [0.3, 0.4) is 0 Å². The Morgan fingerprint density at radius 2 is 1.62 bits per heavy atom. The van der Waals surface area contributed by atoms with Crippen LogP contribution < -0.4 is 0 Å². The number of ether oxygens (including phenoxy) is 2. The standard InChI is InChI=1S/C20H39N3O3/c1-18(2)19-5-8-23(9-6-19)20(24)17-26-16-15-25-14-4-7-22-12-10-21(3)11-13-22/h18-19H,4-17H2,1-3H3. The van der Waals surface area contributed by atoms with Crippen molar-refractivity contribution in [2.75, 3.05) is 79.3 Å². The van der Waals surface area contributed by atoms with Crippen LogP contribution in [0.25, 0.3) is 0 Å². The molecule has 2 heterocycles. The molecule has 0 radical (unpaired) electrons. The Morgan fingerprint density at radius 1 is 0.962 bits per heavy atom. The summed E-state index contributed by atoms with van der Waals surface area (Å²) in [4.78, 5) is 19.0. The van der Waals surface area contributed by atoms with E-state index in [0.29, 0.717) is 13.2 Å². The van der Waals surface area contributed by atoms with Crippen LogP contribution in [0.5, 0.6) is 0 Å². The highest BCUT2D eigenvalue weighted by atomic mass is 16.5. The second-order valence-corrected chi connectivity index (χ2v) is 8.13. The van der Waals surface area contributed by atoms with E-state index in [-0.39, 0.29) is 12.5 Å². The molecule has 0 saturated carbocycles. The maximum absolute atomic E-state index is 12.2. The Bertz CT molecular complexity index is 390. The lowest BCUT2D eigenvalue weighted by Crippen LogP contribution is -2.44. The smallest absolute Gasteiger partial charge is 0.248 e. The van der Waals surface area contributed by atoms with Crippen molar-refractivity contribution in [1.82, 2.24) is 14.7 Å². The highest BCUT2D eigenvalue weighted by molar-refractivity contribution is 5.77. The van der Waals surface area contributed by atoms with Crippen LogP contribution in [0, 0.1) is 11.8 Å². The molecule has 0 aromatic carbocycles. The summed E-state index contributed by atoms with van der Waals surface area (Å²) in [5.74, 6) is 1.61. The summed E-state index contributed by atoms with van der Waals surface area (Å²) in [6.07, 6.45) is 3.31. The van der Waals surface area contributed by atoms with Crippen molar-refractivity contribution in [3.63, 3.8) is 0 Å². The molecule has 2 aliphatic heterocycles. The Morgan fingerprint density at radius 3 is 2.27 bits per heavy atom. The van der Waals surface area contributed by atoms with E-state index in [4.69, 9.17) is 9.47 Å². The lowest BCUT2D eigenvalue weighted by atomic mass is 9.87. The van der Waals surface area contributed by atoms with Crippen LogP contribution in [0.15, 0.2) is 0 Å². The van der Waals surface area contributed by atoms with Gasteiger partial charge in [-0.1, -0.05) is 13.8 Å². The van der Waals surface area contributed by atoms with Crippen molar-refractivity contribution in [1.29, 1.82) is 0 Å². The van der Waals surface area contributed by atoms with E-state index in [0.717, 1.165) is 83.5 Å². The van der Waals surface area contributed by atoms with Gasteiger partial charge < -0.3 is 24.2 Å². The van der Waals surface area contributed by atoms with Crippen molar-refractivity contribution in [2.24, 2.45) is 11.8 Å². The van der Waals surface area contributed by atoms with Gasteiger partial charge in [-0.2, -0.15) is 0 Å². The maximum atomic E-state index is 12.2. The Labute approximate surface area is 159 Å². The van der Waals surface area contributed by atoms with Crippen LogP contribution in [-0.4, -0.2) is 99.9 Å². The zero-order valence-corrected chi connectivity index (χ0v) is 17.1. The molecule has 152 valence electrons. The van der Waals surface area contributed by atoms with E-state index in [2.05, 4.69) is 30.7 Å². The summed E-state index contributed by atoms with van der Waals surface area (Å²) >= 11 is 0. The number of carbonyl (C=O) groups is 1. The molecule has 26 heavy (non-hydrogen) atoms. The van der Waals surface area contributed by atoms with Gasteiger partial charge in [0.1, 0.15) is 6.61 Å². The molecule has 6 nitrogen and oxygen atoms in total. The number of carbonyl (C=O) groups excluding carboxylic acids is 1. The molecule has 0 bridgehead atoms. The van der Waals surface area contributed by atoms with Gasteiger partial charge in [0, 0.05) is 52.4 Å². The molecular formula is C20H39N3O3. The van der Waals surface area contributed by atoms with Gasteiger partial charge in [-0.3, -0.25) is 4.79 Å². The molecule has 2 fully saturated rings. The molecule has 2 rings (SSSR count). The first kappa shape index (κ1) is 21.6. The number of piperidine rings is 1. The van der Waals surface area contributed by atoms with Crippen LogP contribution in [-0.2, 0) is 14.3 Å². The Balaban J connectivity index is 1.40. The van der Waals surface area contributed by atoms with E-state index in [1.807, 2.05) is 4.90 Å². The first-order valence-corrected chi connectivity index (χ1v) is 10.4. The monoisotopic (exact) mass is 369 g/mol. The first-order chi connectivity index (χ1) is 12.6. The number of nitrogens with zero attached hydrogens (tertiary/aromatic N) is 3. The Hall–Kier alpha value is -0.690. The zero-order chi connectivity index (χ0) is 18.8. The fraction of sp³-hybridized carbons (Fsp3) is 0.950. The fourth-order valence-corrected chi connectivity index (χ4v) is 3.75. The third kappa shape index (κ3) is 7.91. The lowest BCUT2D eigenvalue weighted by Gasteiger charge is -2.33. The predicted molar refractivity (Wildman–Crippen MR) is 104 cm³/mol. The van der Waals surface area contributed by atoms with Crippen LogP contribution >= 0.6 is 0 Å². The summed E-state index contributed by atoms with van der Waals surface area (Å²) in [7, 11) is 2.18. The lowest BCUT2D eigenvalue weighted by molar-refractivity contribution is -0.138. The van der Waals surface area contributed by atoms with Crippen molar-refractivity contribution in [2.45, 2.75) is 33.1 Å². The van der Waals surface area contributed by atoms with Crippen LogP contribution in [0.4, 0.5) is 0 Å². The molecule has 2 aliphatic rings. The molecule has 6 heteroatoms. The number of piperazine rings is 1. The van der Waals surface area contributed by atoms with Crippen LogP contribution in [0.1, 0.15) is 33.1 Å². The molecule has 0 aromatic heterocycles. The topological polar surface area (TPSA) is 45.3 Å². The predicted octanol–water partition coefficient (Wildman–Crippen LogP) is 1.55. The number of likely N-dealkylation sites (tertiary alicyclic amines) is 1. The zero-order valence-electron chi connectivity index (χ0n) is 17.1. The minimum Gasteiger partial charge on any atom is -0.379 e. The third-order valence-corrected chi connectivity index (χ3v) is 5.79. The van der Waals surface area contributed by atoms with E-state index in [9.17, 15) is 4.79 Å². The van der Waals surface area contributed by atoms with Crippen molar-refractivity contribution >= 4 is 5.91 Å². The van der Waals surface area contributed by atoms with Crippen molar-refractivity contribution < 1.29 is 14.3 Å². The molecule has 0 aromatic rings. The van der Waals surface area contributed by atoms with Crippen molar-refractivity contribution in [3.05, 3.63) is 0 Å². The van der Waals surface area contributed by atoms with E-state index >= 15 is 0 Å². The molecule has 1 amide bonds. The second-order valence-electron chi connectivity index (χ2n) is 8.13. The summed E-state index contributed by atoms with van der Waals surface area (Å²) in [6, 6.07) is 0. The van der Waals surface area contributed by atoms with Crippen LogP contribution in [0.2, 0.25) is 0 Å². The number of rotatable bonds is 10. The average molecular weight is 370 g/mol. The van der Waals surface area contributed by atoms with Gasteiger partial charge in [0.25, 0.3) is 0 Å². The largest absolute Gasteiger partial charge is 0.379 e. The number of hydrogen-bond acceptors (Lipinski definition) is 5.